The zero-order chi connectivity index (χ0) is 18.9. The number of carbonyl (C=O) groups is 1. The van der Waals surface area contributed by atoms with E-state index in [0.29, 0.717) is 11.6 Å². The number of nitrogens with zero attached hydrogens (tertiary/aromatic N) is 3. The molecule has 0 aliphatic carbocycles. The standard InChI is InChI=1S/C19H25N5O2.ClH/c1-19(2,3)9-16-23-14-8-13(6-7-15(14)26-16)22-18(25)17(20-4)12-10-21-24(5)11-12;/h6-8,10-11,17,20H,9H2,1-5H3,(H,22,25);1H. The lowest BCUT2D eigenvalue weighted by Gasteiger charge is -2.14. The lowest BCUT2D eigenvalue weighted by molar-refractivity contribution is -0.118. The highest BCUT2D eigenvalue weighted by Crippen LogP contribution is 2.25. The molecular weight excluding hydrogens is 366 g/mol. The Bertz CT molecular complexity index is 926. The van der Waals surface area contributed by atoms with Gasteiger partial charge in [-0.25, -0.2) is 4.98 Å². The van der Waals surface area contributed by atoms with Crippen molar-refractivity contribution in [1.29, 1.82) is 0 Å². The summed E-state index contributed by atoms with van der Waals surface area (Å²) in [5, 5.41) is 10.1. The monoisotopic (exact) mass is 391 g/mol. The Morgan fingerprint density at radius 2 is 2.07 bits per heavy atom. The molecule has 1 aromatic carbocycles. The lowest BCUT2D eigenvalue weighted by Crippen LogP contribution is -2.30. The van der Waals surface area contributed by atoms with Crippen LogP contribution in [0.3, 0.4) is 0 Å². The maximum atomic E-state index is 12.6. The molecule has 3 aromatic rings. The fourth-order valence-corrected chi connectivity index (χ4v) is 2.83. The Balaban J connectivity index is 0.00000261. The maximum Gasteiger partial charge on any atom is 0.246 e. The predicted molar refractivity (Wildman–Crippen MR) is 108 cm³/mol. The maximum absolute atomic E-state index is 12.6. The molecule has 2 N–H and O–H groups in total. The summed E-state index contributed by atoms with van der Waals surface area (Å²) in [5.41, 5.74) is 3.05. The summed E-state index contributed by atoms with van der Waals surface area (Å²) in [6.07, 6.45) is 4.26. The van der Waals surface area contributed by atoms with Gasteiger partial charge in [-0.2, -0.15) is 5.10 Å². The first-order valence-corrected chi connectivity index (χ1v) is 8.61. The second kappa shape index (κ2) is 8.10. The summed E-state index contributed by atoms with van der Waals surface area (Å²) in [4.78, 5) is 17.2. The first-order chi connectivity index (χ1) is 12.2. The van der Waals surface area contributed by atoms with Gasteiger partial charge in [0.25, 0.3) is 0 Å². The third-order valence-corrected chi connectivity index (χ3v) is 3.99. The normalized spacial score (nSPS) is 12.6. The topological polar surface area (TPSA) is 85.0 Å². The van der Waals surface area contributed by atoms with Crippen LogP contribution >= 0.6 is 12.4 Å². The molecule has 0 radical (unpaired) electrons. The van der Waals surface area contributed by atoms with Gasteiger partial charge in [0, 0.05) is 30.9 Å². The average molecular weight is 392 g/mol. The number of aromatic nitrogens is 3. The van der Waals surface area contributed by atoms with Gasteiger partial charge >= 0.3 is 0 Å². The minimum Gasteiger partial charge on any atom is -0.441 e. The number of oxazole rings is 1. The molecule has 2 heterocycles. The largest absolute Gasteiger partial charge is 0.441 e. The van der Waals surface area contributed by atoms with E-state index in [1.54, 1.807) is 17.9 Å². The molecular formula is C19H26ClN5O2. The second-order valence-corrected chi connectivity index (χ2v) is 7.69. The van der Waals surface area contributed by atoms with Gasteiger partial charge in [-0.15, -0.1) is 12.4 Å². The molecule has 27 heavy (non-hydrogen) atoms. The van der Waals surface area contributed by atoms with Crippen molar-refractivity contribution in [1.82, 2.24) is 20.1 Å². The number of nitrogens with one attached hydrogen (secondary N) is 2. The fraction of sp³-hybridized carbons (Fsp3) is 0.421. The summed E-state index contributed by atoms with van der Waals surface area (Å²) in [6, 6.07) is 5.01. The van der Waals surface area contributed by atoms with Crippen LogP contribution in [0.5, 0.6) is 0 Å². The van der Waals surface area contributed by atoms with Crippen molar-refractivity contribution in [3.63, 3.8) is 0 Å². The number of aryl methyl sites for hydroxylation is 1. The molecule has 0 aliphatic rings. The van der Waals surface area contributed by atoms with E-state index in [1.807, 2.05) is 31.4 Å². The Labute approximate surface area is 164 Å². The molecule has 7 nitrogen and oxygen atoms in total. The van der Waals surface area contributed by atoms with E-state index in [9.17, 15) is 4.79 Å². The minimum atomic E-state index is -0.479. The molecule has 0 fully saturated rings. The van der Waals surface area contributed by atoms with E-state index < -0.39 is 6.04 Å². The van der Waals surface area contributed by atoms with E-state index in [1.165, 1.54) is 0 Å². The zero-order valence-corrected chi connectivity index (χ0v) is 17.1. The molecule has 0 saturated heterocycles. The van der Waals surface area contributed by atoms with Crippen LogP contribution in [-0.4, -0.2) is 27.7 Å². The van der Waals surface area contributed by atoms with Crippen molar-refractivity contribution in [2.75, 3.05) is 12.4 Å². The Hall–Kier alpha value is -2.38. The van der Waals surface area contributed by atoms with Crippen LogP contribution in [0.4, 0.5) is 5.69 Å². The first kappa shape index (κ1) is 20.9. The number of halogens is 1. The Morgan fingerprint density at radius 1 is 1.33 bits per heavy atom. The van der Waals surface area contributed by atoms with Crippen molar-refractivity contribution >= 4 is 35.1 Å². The van der Waals surface area contributed by atoms with Gasteiger partial charge in [-0.1, -0.05) is 20.8 Å². The van der Waals surface area contributed by atoms with Crippen LogP contribution in [0.25, 0.3) is 11.1 Å². The third-order valence-electron chi connectivity index (χ3n) is 3.99. The van der Waals surface area contributed by atoms with Gasteiger partial charge in [0.1, 0.15) is 11.6 Å². The summed E-state index contributed by atoms with van der Waals surface area (Å²) in [5.74, 6) is 0.553. The van der Waals surface area contributed by atoms with Gasteiger partial charge in [-0.3, -0.25) is 9.48 Å². The summed E-state index contributed by atoms with van der Waals surface area (Å²) >= 11 is 0. The highest BCUT2D eigenvalue weighted by molar-refractivity contribution is 5.96. The quantitative estimate of drug-likeness (QED) is 0.695. The third kappa shape index (κ3) is 5.08. The highest BCUT2D eigenvalue weighted by Gasteiger charge is 2.21. The summed E-state index contributed by atoms with van der Waals surface area (Å²) < 4.78 is 7.47. The molecule has 0 saturated carbocycles. The van der Waals surface area contributed by atoms with Crippen molar-refractivity contribution in [3.8, 4) is 0 Å². The number of hydrogen-bond acceptors (Lipinski definition) is 5. The molecule has 0 aliphatic heterocycles. The molecule has 0 spiro atoms. The molecule has 0 bridgehead atoms. The van der Waals surface area contributed by atoms with Crippen LogP contribution in [0.15, 0.2) is 35.0 Å². The van der Waals surface area contributed by atoms with E-state index in [2.05, 4.69) is 41.5 Å². The Kier molecular flexibility index (Phi) is 6.28. The van der Waals surface area contributed by atoms with Gasteiger partial charge in [-0.05, 0) is 30.7 Å². The Morgan fingerprint density at radius 3 is 2.67 bits per heavy atom. The van der Waals surface area contributed by atoms with Crippen molar-refractivity contribution < 1.29 is 9.21 Å². The summed E-state index contributed by atoms with van der Waals surface area (Å²) in [7, 11) is 3.57. The number of rotatable bonds is 5. The van der Waals surface area contributed by atoms with E-state index in [4.69, 9.17) is 4.42 Å². The highest BCUT2D eigenvalue weighted by atomic mass is 35.5. The molecule has 1 unspecified atom stereocenters. The molecule has 146 valence electrons. The number of fused-ring (bicyclic) bond motifs is 1. The number of hydrogen-bond donors (Lipinski definition) is 2. The lowest BCUT2D eigenvalue weighted by atomic mass is 9.92. The predicted octanol–water partition coefficient (Wildman–Crippen LogP) is 3.47. The average Bonchev–Trinajstić information content (AvgIpc) is 3.11. The molecule has 3 rings (SSSR count). The van der Waals surface area contributed by atoms with Crippen molar-refractivity contribution in [2.24, 2.45) is 12.5 Å². The molecule has 8 heteroatoms. The number of likely N-dealkylation sites (N-methyl/N-ethyl adjacent to an activating group) is 1. The number of anilines is 1. The van der Waals surface area contributed by atoms with Crippen LogP contribution in [0.2, 0.25) is 0 Å². The summed E-state index contributed by atoms with van der Waals surface area (Å²) in [6.45, 7) is 6.43. The number of amides is 1. The number of benzene rings is 1. The van der Waals surface area contributed by atoms with Gasteiger partial charge < -0.3 is 15.1 Å². The van der Waals surface area contributed by atoms with Crippen LogP contribution in [0.1, 0.15) is 38.3 Å². The number of carbonyl (C=O) groups excluding carboxylic acids is 1. The zero-order valence-electron chi connectivity index (χ0n) is 16.2. The van der Waals surface area contributed by atoms with E-state index >= 15 is 0 Å². The van der Waals surface area contributed by atoms with E-state index in [0.717, 1.165) is 23.1 Å². The minimum absolute atomic E-state index is 0. The van der Waals surface area contributed by atoms with Gasteiger partial charge in [0.15, 0.2) is 11.5 Å². The SMILES string of the molecule is CNC(C(=O)Nc1ccc2oc(CC(C)(C)C)nc2c1)c1cnn(C)c1.Cl. The van der Waals surface area contributed by atoms with Crippen molar-refractivity contribution in [3.05, 3.63) is 42.0 Å². The van der Waals surface area contributed by atoms with Gasteiger partial charge in [0.2, 0.25) is 5.91 Å². The molecule has 1 atom stereocenters. The van der Waals surface area contributed by atoms with E-state index in [-0.39, 0.29) is 23.7 Å². The second-order valence-electron chi connectivity index (χ2n) is 7.69. The molecule has 2 aromatic heterocycles. The fourth-order valence-electron chi connectivity index (χ4n) is 2.83. The van der Waals surface area contributed by atoms with Crippen LogP contribution in [0, 0.1) is 5.41 Å². The van der Waals surface area contributed by atoms with Gasteiger partial charge in [0.05, 0.1) is 6.20 Å². The van der Waals surface area contributed by atoms with Crippen molar-refractivity contribution in [2.45, 2.75) is 33.2 Å². The molecule has 1 amide bonds. The van der Waals surface area contributed by atoms with Crippen LogP contribution < -0.4 is 10.6 Å². The smallest absolute Gasteiger partial charge is 0.246 e. The van der Waals surface area contributed by atoms with Crippen LogP contribution in [-0.2, 0) is 18.3 Å². The first-order valence-electron chi connectivity index (χ1n) is 8.61.